The molecule has 1 aromatic carbocycles. The zero-order valence-electron chi connectivity index (χ0n) is 10.9. The van der Waals surface area contributed by atoms with Gasteiger partial charge in [-0.15, -0.1) is 0 Å². The second-order valence-corrected chi connectivity index (χ2v) is 4.22. The molecule has 0 unspecified atom stereocenters. The van der Waals surface area contributed by atoms with E-state index in [-0.39, 0.29) is 5.69 Å². The van der Waals surface area contributed by atoms with Crippen molar-refractivity contribution in [1.82, 2.24) is 9.78 Å². The van der Waals surface area contributed by atoms with Gasteiger partial charge in [-0.1, -0.05) is 0 Å². The van der Waals surface area contributed by atoms with E-state index in [0.717, 1.165) is 5.69 Å². The van der Waals surface area contributed by atoms with E-state index in [0.29, 0.717) is 24.2 Å². The maximum atomic E-state index is 10.9. The summed E-state index contributed by atoms with van der Waals surface area (Å²) in [5.41, 5.74) is 1.74. The summed E-state index contributed by atoms with van der Waals surface area (Å²) in [6.07, 6.45) is 2.39. The molecule has 0 fully saturated rings. The molecule has 1 aromatic heterocycles. The molecular formula is C13H13N5O2. The molecule has 0 atom stereocenters. The van der Waals surface area contributed by atoms with Gasteiger partial charge in [-0.05, 0) is 18.2 Å². The Bertz CT molecular complexity index is 672. The van der Waals surface area contributed by atoms with Gasteiger partial charge in [0.25, 0.3) is 5.69 Å². The lowest BCUT2D eigenvalue weighted by Crippen LogP contribution is -2.09. The Morgan fingerprint density at radius 1 is 1.50 bits per heavy atom. The zero-order valence-corrected chi connectivity index (χ0v) is 10.9. The minimum Gasteiger partial charge on any atom is -0.379 e. The summed E-state index contributed by atoms with van der Waals surface area (Å²) in [4.78, 5) is 10.5. The lowest BCUT2D eigenvalue weighted by molar-refractivity contribution is -0.384. The Morgan fingerprint density at radius 2 is 2.30 bits per heavy atom. The Labute approximate surface area is 115 Å². The van der Waals surface area contributed by atoms with Crippen molar-refractivity contribution in [3.8, 4) is 6.07 Å². The number of benzene rings is 1. The fourth-order valence-corrected chi connectivity index (χ4v) is 1.88. The van der Waals surface area contributed by atoms with Crippen molar-refractivity contribution in [2.45, 2.75) is 6.42 Å². The highest BCUT2D eigenvalue weighted by atomic mass is 16.6. The van der Waals surface area contributed by atoms with Crippen LogP contribution in [0.4, 0.5) is 11.4 Å². The monoisotopic (exact) mass is 271 g/mol. The van der Waals surface area contributed by atoms with E-state index in [1.807, 2.05) is 19.2 Å². The number of nitrogens with zero attached hydrogens (tertiary/aromatic N) is 4. The van der Waals surface area contributed by atoms with Gasteiger partial charge in [-0.2, -0.15) is 10.4 Å². The van der Waals surface area contributed by atoms with Gasteiger partial charge < -0.3 is 5.32 Å². The van der Waals surface area contributed by atoms with Gasteiger partial charge in [0.15, 0.2) is 0 Å². The van der Waals surface area contributed by atoms with Crippen molar-refractivity contribution in [2.24, 2.45) is 7.05 Å². The number of aryl methyl sites for hydroxylation is 1. The number of nitrogens with one attached hydrogen (secondary N) is 1. The van der Waals surface area contributed by atoms with E-state index >= 15 is 0 Å². The second kappa shape index (κ2) is 5.84. The molecule has 102 valence electrons. The van der Waals surface area contributed by atoms with Crippen LogP contribution in [-0.2, 0) is 13.5 Å². The number of anilines is 1. The first kappa shape index (κ1) is 13.5. The van der Waals surface area contributed by atoms with E-state index in [1.54, 1.807) is 10.9 Å². The molecule has 0 radical (unpaired) electrons. The van der Waals surface area contributed by atoms with Gasteiger partial charge in [-0.3, -0.25) is 14.8 Å². The number of nitro benzene ring substituents is 1. The summed E-state index contributed by atoms with van der Waals surface area (Å²) in [5, 5.41) is 26.8. The van der Waals surface area contributed by atoms with Gasteiger partial charge in [0.1, 0.15) is 5.69 Å². The molecule has 1 N–H and O–H groups in total. The minimum absolute atomic E-state index is 0.0333. The molecule has 20 heavy (non-hydrogen) atoms. The predicted octanol–water partition coefficient (Wildman–Crippen LogP) is 1.85. The number of rotatable bonds is 5. The number of hydrogen-bond donors (Lipinski definition) is 1. The summed E-state index contributed by atoms with van der Waals surface area (Å²) in [6, 6.07) is 8.12. The molecule has 0 spiro atoms. The first-order valence-corrected chi connectivity index (χ1v) is 6.01. The molecule has 0 aliphatic heterocycles. The van der Waals surface area contributed by atoms with Gasteiger partial charge >= 0.3 is 0 Å². The smallest absolute Gasteiger partial charge is 0.292 e. The molecule has 0 saturated carbocycles. The van der Waals surface area contributed by atoms with Crippen LogP contribution < -0.4 is 5.32 Å². The molecule has 7 nitrogen and oxygen atoms in total. The molecule has 1 heterocycles. The number of nitro groups is 1. The Balaban J connectivity index is 2.10. The lowest BCUT2D eigenvalue weighted by Gasteiger charge is -2.07. The molecule has 2 aromatic rings. The Morgan fingerprint density at radius 3 is 2.90 bits per heavy atom. The third-order valence-corrected chi connectivity index (χ3v) is 2.94. The van der Waals surface area contributed by atoms with Gasteiger partial charge in [0.2, 0.25) is 0 Å². The predicted molar refractivity (Wildman–Crippen MR) is 73.2 cm³/mol. The highest BCUT2D eigenvalue weighted by Gasteiger charge is 2.13. The molecule has 7 heteroatoms. The largest absolute Gasteiger partial charge is 0.379 e. The maximum Gasteiger partial charge on any atom is 0.292 e. The lowest BCUT2D eigenvalue weighted by atomic mass is 10.2. The Hall–Kier alpha value is -2.88. The molecule has 0 aliphatic carbocycles. The van der Waals surface area contributed by atoms with Gasteiger partial charge in [0.05, 0.1) is 16.6 Å². The summed E-state index contributed by atoms with van der Waals surface area (Å²) < 4.78 is 1.75. The quantitative estimate of drug-likeness (QED) is 0.661. The van der Waals surface area contributed by atoms with Crippen LogP contribution in [0.25, 0.3) is 0 Å². The molecule has 0 bridgehead atoms. The fourth-order valence-electron chi connectivity index (χ4n) is 1.88. The van der Waals surface area contributed by atoms with E-state index in [4.69, 9.17) is 5.26 Å². The van der Waals surface area contributed by atoms with Gasteiger partial charge in [-0.25, -0.2) is 0 Å². The van der Waals surface area contributed by atoms with Crippen LogP contribution in [0.1, 0.15) is 11.3 Å². The third kappa shape index (κ3) is 2.92. The van der Waals surface area contributed by atoms with Crippen LogP contribution in [0.15, 0.2) is 30.5 Å². The highest BCUT2D eigenvalue weighted by Crippen LogP contribution is 2.25. The van der Waals surface area contributed by atoms with E-state index in [1.165, 1.54) is 18.2 Å². The summed E-state index contributed by atoms with van der Waals surface area (Å²) >= 11 is 0. The molecule has 0 aliphatic rings. The van der Waals surface area contributed by atoms with Gasteiger partial charge in [0, 0.05) is 38.0 Å². The van der Waals surface area contributed by atoms with E-state index in [9.17, 15) is 10.1 Å². The topological polar surface area (TPSA) is 96.8 Å². The van der Waals surface area contributed by atoms with E-state index < -0.39 is 4.92 Å². The van der Waals surface area contributed by atoms with Crippen LogP contribution in [0.5, 0.6) is 0 Å². The van der Waals surface area contributed by atoms with Crippen molar-refractivity contribution < 1.29 is 4.92 Å². The van der Waals surface area contributed by atoms with Crippen molar-refractivity contribution in [2.75, 3.05) is 11.9 Å². The molecule has 2 rings (SSSR count). The fraction of sp³-hybridized carbons (Fsp3) is 0.231. The van der Waals surface area contributed by atoms with Crippen LogP contribution in [0, 0.1) is 21.4 Å². The minimum atomic E-state index is -0.465. The average Bonchev–Trinajstić information content (AvgIpc) is 2.84. The average molecular weight is 271 g/mol. The molecule has 0 saturated heterocycles. The van der Waals surface area contributed by atoms with Crippen LogP contribution >= 0.6 is 0 Å². The zero-order chi connectivity index (χ0) is 14.5. The van der Waals surface area contributed by atoms with Crippen molar-refractivity contribution >= 4 is 11.4 Å². The summed E-state index contributed by atoms with van der Waals surface area (Å²) in [6.45, 7) is 0.523. The maximum absolute atomic E-state index is 10.9. The molecular weight excluding hydrogens is 258 g/mol. The Kier molecular flexibility index (Phi) is 3.96. The second-order valence-electron chi connectivity index (χ2n) is 4.22. The first-order valence-electron chi connectivity index (χ1n) is 6.01. The normalized spacial score (nSPS) is 10.0. The summed E-state index contributed by atoms with van der Waals surface area (Å²) in [7, 11) is 1.84. The van der Waals surface area contributed by atoms with Crippen molar-refractivity contribution in [3.63, 3.8) is 0 Å². The molecule has 0 amide bonds. The van der Waals surface area contributed by atoms with Crippen molar-refractivity contribution in [3.05, 3.63) is 51.8 Å². The first-order chi connectivity index (χ1) is 9.61. The van der Waals surface area contributed by atoms with Crippen LogP contribution in [0.3, 0.4) is 0 Å². The van der Waals surface area contributed by atoms with Crippen LogP contribution in [-0.4, -0.2) is 21.2 Å². The number of aromatic nitrogens is 2. The van der Waals surface area contributed by atoms with Crippen molar-refractivity contribution in [1.29, 1.82) is 5.26 Å². The third-order valence-electron chi connectivity index (χ3n) is 2.94. The SMILES string of the molecule is Cn1nccc1CCNc1cc(C#N)ccc1[N+](=O)[O-]. The number of nitriles is 1. The number of hydrogen-bond acceptors (Lipinski definition) is 5. The summed E-state index contributed by atoms with van der Waals surface area (Å²) in [5.74, 6) is 0. The van der Waals surface area contributed by atoms with E-state index in [2.05, 4.69) is 10.4 Å². The van der Waals surface area contributed by atoms with Crippen LogP contribution in [0.2, 0.25) is 0 Å². The standard InChI is InChI=1S/C13H13N5O2/c1-17-11(5-7-16-17)4-6-15-12-8-10(9-14)2-3-13(12)18(19)20/h2-3,5,7-8,15H,4,6H2,1H3. The highest BCUT2D eigenvalue weighted by molar-refractivity contribution is 5.64.